The largest absolute Gasteiger partial charge is 0.485 e. The molecular weight excluding hydrogens is 700 g/mol. The summed E-state index contributed by atoms with van der Waals surface area (Å²) >= 11 is 0.966. The number of thiazole rings is 1. The number of amidine groups is 1. The molecule has 5 rings (SSSR count). The highest BCUT2D eigenvalue weighted by Gasteiger charge is 2.58. The zero-order valence-electron chi connectivity index (χ0n) is 27.5. The summed E-state index contributed by atoms with van der Waals surface area (Å²) in [5.74, 6) is -2.32. The first-order chi connectivity index (χ1) is 23.5. The van der Waals surface area contributed by atoms with Gasteiger partial charge in [-0.05, 0) is 70.3 Å². The number of aryl methyl sites for hydroxylation is 1. The number of hydrogen-bond acceptors (Lipinski definition) is 16. The van der Waals surface area contributed by atoms with Crippen LogP contribution in [0.4, 0.5) is 5.13 Å². The van der Waals surface area contributed by atoms with Crippen LogP contribution in [0.5, 0.6) is 5.75 Å². The Kier molecular flexibility index (Phi) is 10.4. The number of β-lactam (4-membered cyclic amide) rings is 1. The van der Waals surface area contributed by atoms with Crippen molar-refractivity contribution in [1.82, 2.24) is 20.7 Å². The number of carboxylic acid groups (broad SMARTS) is 1. The second kappa shape index (κ2) is 14.1. The van der Waals surface area contributed by atoms with Crippen molar-refractivity contribution in [3.63, 3.8) is 0 Å². The molecule has 0 radical (unpaired) electrons. The van der Waals surface area contributed by atoms with Crippen molar-refractivity contribution in [3.05, 3.63) is 40.4 Å². The number of carbonyl (C=O) groups is 3. The molecule has 0 bridgehead atoms. The monoisotopic (exact) mass is 738 g/mol. The van der Waals surface area contributed by atoms with Crippen LogP contribution in [0.25, 0.3) is 0 Å². The molecule has 0 unspecified atom stereocenters. The van der Waals surface area contributed by atoms with Gasteiger partial charge in [-0.1, -0.05) is 5.16 Å². The van der Waals surface area contributed by atoms with Crippen molar-refractivity contribution in [2.45, 2.75) is 75.4 Å². The quantitative estimate of drug-likeness (QED) is 0.0623. The lowest BCUT2D eigenvalue weighted by Gasteiger charge is -2.50. The van der Waals surface area contributed by atoms with E-state index >= 15 is 0 Å². The summed E-state index contributed by atoms with van der Waals surface area (Å²) in [6.07, 6.45) is 0.252. The molecule has 1 aromatic carbocycles. The lowest BCUT2D eigenvalue weighted by Crippen LogP contribution is -2.76. The molecule has 50 heavy (non-hydrogen) atoms. The molecule has 1 saturated heterocycles. The molecule has 0 saturated carbocycles. The summed E-state index contributed by atoms with van der Waals surface area (Å²) in [7, 11) is -3.41. The predicted molar refractivity (Wildman–Crippen MR) is 178 cm³/mol. The molecule has 5 atom stereocenters. The van der Waals surface area contributed by atoms with Gasteiger partial charge in [0.15, 0.2) is 16.9 Å². The summed E-state index contributed by atoms with van der Waals surface area (Å²) in [6, 6.07) is 4.05. The van der Waals surface area contributed by atoms with E-state index in [1.807, 2.05) is 6.07 Å². The molecule has 19 nitrogen and oxygen atoms in total. The second-order valence-corrected chi connectivity index (χ2v) is 14.4. The van der Waals surface area contributed by atoms with Crippen LogP contribution in [0.2, 0.25) is 0 Å². The summed E-state index contributed by atoms with van der Waals surface area (Å²) < 4.78 is 47.2. The molecule has 21 heteroatoms. The molecule has 3 aliphatic rings. The minimum atomic E-state index is -5.03. The van der Waals surface area contributed by atoms with Crippen molar-refractivity contribution in [2.24, 2.45) is 15.9 Å². The van der Waals surface area contributed by atoms with Crippen molar-refractivity contribution in [2.75, 3.05) is 26.0 Å². The standard InChI is InChI=1S/C29H38N8O11S2/c1-28(2)22(25(39)37(28)48-50(42,43)44)35-24(38)21(18-13-49-27(31)34-18)36-47-29(3,26(40)41)20-8-6-14-11-15(5-7-19(14)46-20)23-32-16(9-10-30)17(33-23)12-45-4/h5,7,11,13,16-17,20,22H,6,8-10,12,30H2,1-4H3,(H2,31,34)(H,32,33)(H,35,38)(H,40,41)(H,42,43,44)/b36-21-/t16-,17+,20-,22-,29+/m1/s1. The number of aliphatic imine (C=N–C) groups is 1. The van der Waals surface area contributed by atoms with E-state index in [-0.39, 0.29) is 29.3 Å². The molecule has 8 N–H and O–H groups in total. The number of hydroxylamine groups is 2. The number of aromatic nitrogens is 1. The number of oxime groups is 1. The number of amides is 2. The third kappa shape index (κ3) is 7.37. The van der Waals surface area contributed by atoms with Crippen molar-refractivity contribution >= 4 is 56.2 Å². The molecule has 2 amide bonds. The normalized spacial score (nSPS) is 24.2. The minimum absolute atomic E-state index is 0.0219. The van der Waals surface area contributed by atoms with Gasteiger partial charge in [-0.15, -0.1) is 15.6 Å². The Bertz CT molecular complexity index is 1830. The zero-order chi connectivity index (χ0) is 36.6. The van der Waals surface area contributed by atoms with Crippen LogP contribution < -0.4 is 26.8 Å². The number of rotatable bonds is 14. The van der Waals surface area contributed by atoms with Gasteiger partial charge in [0.05, 0.1) is 24.2 Å². The molecule has 0 spiro atoms. The first-order valence-electron chi connectivity index (χ1n) is 15.3. The average Bonchev–Trinajstić information content (AvgIpc) is 3.67. The Balaban J connectivity index is 1.35. The van der Waals surface area contributed by atoms with Gasteiger partial charge in [0.2, 0.25) is 0 Å². The Morgan fingerprint density at radius 3 is 2.68 bits per heavy atom. The Morgan fingerprint density at radius 2 is 2.08 bits per heavy atom. The van der Waals surface area contributed by atoms with E-state index in [9.17, 15) is 27.9 Å². The minimum Gasteiger partial charge on any atom is -0.485 e. The van der Waals surface area contributed by atoms with Crippen LogP contribution in [0.15, 0.2) is 33.7 Å². The number of nitrogens with two attached hydrogens (primary N) is 2. The summed E-state index contributed by atoms with van der Waals surface area (Å²) in [5.41, 5.74) is 9.03. The van der Waals surface area contributed by atoms with Crippen LogP contribution in [-0.2, 0) is 45.1 Å². The summed E-state index contributed by atoms with van der Waals surface area (Å²) in [5, 5.41) is 21.8. The van der Waals surface area contributed by atoms with Crippen LogP contribution in [0.3, 0.4) is 0 Å². The molecule has 3 aliphatic heterocycles. The Hall–Kier alpha value is -4.41. The summed E-state index contributed by atoms with van der Waals surface area (Å²) in [6.45, 7) is 4.94. The number of carbonyl (C=O) groups excluding carboxylic acids is 2. The first-order valence-corrected chi connectivity index (χ1v) is 17.6. The molecule has 4 heterocycles. The molecule has 2 aromatic rings. The zero-order valence-corrected chi connectivity index (χ0v) is 29.1. The SMILES string of the molecule is COC[C@@H]1NC(c2ccc3c(c2)CC[C@H]([C@](C)(O/N=C(\C(=O)N[C@@H]2C(=O)N(OS(=O)(=O)O)C2(C)C)c2csc(N)n2)C(=O)O)O3)=N[C@@H]1CCN. The van der Waals surface area contributed by atoms with E-state index in [1.54, 1.807) is 19.2 Å². The fraction of sp³-hybridized carbons (Fsp3) is 0.517. The maximum Gasteiger partial charge on any atom is 0.418 e. The first kappa shape index (κ1) is 36.9. The lowest BCUT2D eigenvalue weighted by molar-refractivity contribution is -0.218. The predicted octanol–water partition coefficient (Wildman–Crippen LogP) is -0.395. The highest BCUT2D eigenvalue weighted by molar-refractivity contribution is 7.80. The number of carboxylic acids is 1. The van der Waals surface area contributed by atoms with Gasteiger partial charge in [0, 0.05) is 18.1 Å². The highest BCUT2D eigenvalue weighted by atomic mass is 32.3. The third-order valence-corrected chi connectivity index (χ3v) is 9.65. The molecule has 1 aromatic heterocycles. The maximum atomic E-state index is 13.5. The number of methoxy groups -OCH3 is 1. The van der Waals surface area contributed by atoms with E-state index in [0.717, 1.165) is 22.5 Å². The van der Waals surface area contributed by atoms with Crippen LogP contribution >= 0.6 is 11.3 Å². The fourth-order valence-electron chi connectivity index (χ4n) is 5.81. The van der Waals surface area contributed by atoms with Crippen molar-refractivity contribution < 1.29 is 51.1 Å². The second-order valence-electron chi connectivity index (χ2n) is 12.5. The maximum absolute atomic E-state index is 13.5. The number of hydrogen-bond donors (Lipinski definition) is 6. The Morgan fingerprint density at radius 1 is 1.34 bits per heavy atom. The van der Waals surface area contributed by atoms with Crippen LogP contribution in [0, 0.1) is 0 Å². The molecule has 0 aliphatic carbocycles. The number of nitrogens with zero attached hydrogens (tertiary/aromatic N) is 4. The molecule has 272 valence electrons. The average molecular weight is 739 g/mol. The van der Waals surface area contributed by atoms with Gasteiger partial charge in [0.25, 0.3) is 17.4 Å². The van der Waals surface area contributed by atoms with Crippen LogP contribution in [0.1, 0.15) is 50.4 Å². The lowest BCUT2D eigenvalue weighted by atomic mass is 9.84. The summed E-state index contributed by atoms with van der Waals surface area (Å²) in [4.78, 5) is 53.2. The van der Waals surface area contributed by atoms with E-state index in [4.69, 9.17) is 35.3 Å². The number of nitrogens with one attached hydrogen (secondary N) is 2. The number of nitrogen functional groups attached to an aromatic ring is 1. The topological polar surface area (TPSA) is 280 Å². The smallest absolute Gasteiger partial charge is 0.418 e. The van der Waals surface area contributed by atoms with Gasteiger partial charge in [-0.2, -0.15) is 13.5 Å². The van der Waals surface area contributed by atoms with Gasteiger partial charge >= 0.3 is 16.4 Å². The number of anilines is 1. The number of ether oxygens (including phenoxy) is 2. The van der Waals surface area contributed by atoms with E-state index < -0.39 is 57.2 Å². The van der Waals surface area contributed by atoms with E-state index in [1.165, 1.54) is 26.2 Å². The van der Waals surface area contributed by atoms with Gasteiger partial charge < -0.3 is 41.5 Å². The third-order valence-electron chi connectivity index (χ3n) is 8.64. The number of aliphatic carboxylic acids is 1. The van der Waals surface area contributed by atoms with Gasteiger partial charge in [0.1, 0.15) is 23.3 Å². The molecule has 1 fully saturated rings. The number of benzene rings is 1. The Labute approximate surface area is 290 Å². The van der Waals surface area contributed by atoms with E-state index in [2.05, 4.69) is 25.1 Å². The van der Waals surface area contributed by atoms with Gasteiger partial charge in [-0.25, -0.2) is 9.78 Å². The fourth-order valence-corrected chi connectivity index (χ4v) is 6.81. The van der Waals surface area contributed by atoms with Crippen molar-refractivity contribution in [3.8, 4) is 5.75 Å². The molecular formula is C29H38N8O11S2. The highest BCUT2D eigenvalue weighted by Crippen LogP contribution is 2.36. The van der Waals surface area contributed by atoms with Crippen molar-refractivity contribution in [1.29, 1.82) is 0 Å². The van der Waals surface area contributed by atoms with Crippen LogP contribution in [-0.4, -0.2) is 113 Å². The van der Waals surface area contributed by atoms with Gasteiger partial charge in [-0.3, -0.25) is 19.1 Å². The van der Waals surface area contributed by atoms with E-state index in [0.29, 0.717) is 42.6 Å². The number of fused-ring (bicyclic) bond motifs is 1.